The zero-order valence-corrected chi connectivity index (χ0v) is 19.2. The molecule has 1 aromatic carbocycles. The Hall–Kier alpha value is -2.58. The van der Waals surface area contributed by atoms with Crippen LogP contribution in [0.1, 0.15) is 46.3 Å². The normalized spacial score (nSPS) is 18.5. The minimum Gasteiger partial charge on any atom is -0.466 e. The molecular formula is C22H24Cl2N4O4. The molecule has 170 valence electrons. The van der Waals surface area contributed by atoms with Crippen LogP contribution in [0, 0.1) is 5.92 Å². The van der Waals surface area contributed by atoms with Gasteiger partial charge >= 0.3 is 5.97 Å². The lowest BCUT2D eigenvalue weighted by Gasteiger charge is -2.31. The van der Waals surface area contributed by atoms with Gasteiger partial charge in [0.1, 0.15) is 5.69 Å². The van der Waals surface area contributed by atoms with E-state index in [1.54, 1.807) is 39.6 Å². The van der Waals surface area contributed by atoms with Crippen molar-refractivity contribution in [2.24, 2.45) is 5.92 Å². The summed E-state index contributed by atoms with van der Waals surface area (Å²) < 4.78 is 6.67. The smallest absolute Gasteiger partial charge is 0.310 e. The van der Waals surface area contributed by atoms with Gasteiger partial charge in [0, 0.05) is 47.9 Å². The molecule has 8 nitrogen and oxygen atoms in total. The molecule has 4 rings (SSSR count). The number of aromatic nitrogens is 2. The van der Waals surface area contributed by atoms with Crippen molar-refractivity contribution in [2.45, 2.75) is 32.9 Å². The zero-order valence-electron chi connectivity index (χ0n) is 17.7. The summed E-state index contributed by atoms with van der Waals surface area (Å²) in [6, 6.07) is 6.76. The van der Waals surface area contributed by atoms with Crippen molar-refractivity contribution in [3.8, 4) is 0 Å². The van der Waals surface area contributed by atoms with Crippen LogP contribution in [-0.2, 0) is 22.6 Å². The SMILES string of the molecule is CCOC(=O)[C@@H]1CCCN(C(=O)c2cc3n(n2)CCN(Cc2c(Cl)cccc2Cl)C3=O)C1. The first-order valence-corrected chi connectivity index (χ1v) is 11.4. The molecule has 32 heavy (non-hydrogen) atoms. The highest BCUT2D eigenvalue weighted by atomic mass is 35.5. The van der Waals surface area contributed by atoms with Crippen LogP contribution < -0.4 is 0 Å². The van der Waals surface area contributed by atoms with Gasteiger partial charge in [0.05, 0.1) is 19.1 Å². The molecule has 1 fully saturated rings. The van der Waals surface area contributed by atoms with E-state index in [4.69, 9.17) is 27.9 Å². The topological polar surface area (TPSA) is 84.7 Å². The van der Waals surface area contributed by atoms with Gasteiger partial charge in [-0.25, -0.2) is 0 Å². The van der Waals surface area contributed by atoms with E-state index in [-0.39, 0.29) is 35.9 Å². The molecule has 2 aliphatic heterocycles. The average molecular weight is 479 g/mol. The second-order valence-corrected chi connectivity index (χ2v) is 8.72. The first-order valence-electron chi connectivity index (χ1n) is 10.6. The van der Waals surface area contributed by atoms with Crippen LogP contribution >= 0.6 is 23.2 Å². The first kappa shape index (κ1) is 22.6. The second kappa shape index (κ2) is 9.50. The van der Waals surface area contributed by atoms with Crippen LogP contribution in [0.2, 0.25) is 10.0 Å². The molecule has 0 spiro atoms. The van der Waals surface area contributed by atoms with E-state index in [1.165, 1.54) is 6.07 Å². The number of carbonyl (C=O) groups is 3. The summed E-state index contributed by atoms with van der Waals surface area (Å²) in [6.45, 7) is 4.08. The van der Waals surface area contributed by atoms with Gasteiger partial charge in [-0.1, -0.05) is 29.3 Å². The average Bonchev–Trinajstić information content (AvgIpc) is 3.23. The summed E-state index contributed by atoms with van der Waals surface area (Å²) in [4.78, 5) is 41.5. The lowest BCUT2D eigenvalue weighted by molar-refractivity contribution is -0.149. The van der Waals surface area contributed by atoms with Gasteiger partial charge in [0.2, 0.25) is 0 Å². The third kappa shape index (κ3) is 4.47. The summed E-state index contributed by atoms with van der Waals surface area (Å²) in [5.41, 5.74) is 1.24. The molecule has 0 unspecified atom stereocenters. The fourth-order valence-corrected chi connectivity index (χ4v) is 4.66. The van der Waals surface area contributed by atoms with E-state index in [2.05, 4.69) is 5.10 Å². The molecule has 0 bridgehead atoms. The number of carbonyl (C=O) groups excluding carboxylic acids is 3. The molecule has 0 saturated carbocycles. The van der Waals surface area contributed by atoms with Crippen molar-refractivity contribution in [2.75, 3.05) is 26.2 Å². The molecule has 1 aromatic heterocycles. The van der Waals surface area contributed by atoms with Gasteiger partial charge < -0.3 is 14.5 Å². The lowest BCUT2D eigenvalue weighted by Crippen LogP contribution is -2.43. The third-order valence-corrected chi connectivity index (χ3v) is 6.53. The van der Waals surface area contributed by atoms with Crippen molar-refractivity contribution >= 4 is 41.0 Å². The van der Waals surface area contributed by atoms with Crippen molar-refractivity contribution in [3.63, 3.8) is 0 Å². The lowest BCUT2D eigenvalue weighted by atomic mass is 9.98. The van der Waals surface area contributed by atoms with Gasteiger partial charge in [-0.05, 0) is 31.9 Å². The zero-order chi connectivity index (χ0) is 22.8. The number of fused-ring (bicyclic) bond motifs is 1. The van der Waals surface area contributed by atoms with Crippen LogP contribution in [-0.4, -0.2) is 63.6 Å². The van der Waals surface area contributed by atoms with Crippen molar-refractivity contribution in [1.82, 2.24) is 19.6 Å². The molecule has 1 saturated heterocycles. The summed E-state index contributed by atoms with van der Waals surface area (Å²) in [7, 11) is 0. The number of hydrogen-bond donors (Lipinski definition) is 0. The number of hydrogen-bond acceptors (Lipinski definition) is 5. The predicted octanol–water partition coefficient (Wildman–Crippen LogP) is 3.26. The predicted molar refractivity (Wildman–Crippen MR) is 119 cm³/mol. The Morgan fingerprint density at radius 3 is 2.66 bits per heavy atom. The highest BCUT2D eigenvalue weighted by molar-refractivity contribution is 6.36. The Bertz CT molecular complexity index is 1030. The molecule has 0 aliphatic carbocycles. The van der Waals surface area contributed by atoms with Crippen molar-refractivity contribution < 1.29 is 19.1 Å². The number of esters is 1. The molecule has 0 N–H and O–H groups in total. The van der Waals surface area contributed by atoms with Crippen molar-refractivity contribution in [1.29, 1.82) is 0 Å². The molecular weight excluding hydrogens is 455 g/mol. The van der Waals surface area contributed by atoms with Crippen LogP contribution in [0.5, 0.6) is 0 Å². The van der Waals surface area contributed by atoms with Crippen molar-refractivity contribution in [3.05, 3.63) is 51.3 Å². The molecule has 2 aromatic rings. The summed E-state index contributed by atoms with van der Waals surface area (Å²) in [5.74, 6) is -1.13. The quantitative estimate of drug-likeness (QED) is 0.615. The van der Waals surface area contributed by atoms with Gasteiger partial charge in [-0.3, -0.25) is 19.1 Å². The second-order valence-electron chi connectivity index (χ2n) is 7.91. The van der Waals surface area contributed by atoms with E-state index < -0.39 is 0 Å². The maximum Gasteiger partial charge on any atom is 0.310 e. The van der Waals surface area contributed by atoms with E-state index in [0.29, 0.717) is 66.9 Å². The van der Waals surface area contributed by atoms with E-state index in [1.807, 2.05) is 0 Å². The molecule has 2 aliphatic rings. The van der Waals surface area contributed by atoms with E-state index in [0.717, 1.165) is 0 Å². The van der Waals surface area contributed by atoms with Crippen LogP contribution in [0.4, 0.5) is 0 Å². The summed E-state index contributed by atoms with van der Waals surface area (Å²) in [6.07, 6.45) is 1.41. The summed E-state index contributed by atoms with van der Waals surface area (Å²) in [5, 5.41) is 5.37. The number of benzene rings is 1. The van der Waals surface area contributed by atoms with Crippen LogP contribution in [0.15, 0.2) is 24.3 Å². The highest BCUT2D eigenvalue weighted by Gasteiger charge is 2.33. The van der Waals surface area contributed by atoms with E-state index in [9.17, 15) is 14.4 Å². The molecule has 2 amide bonds. The minimum absolute atomic E-state index is 0.204. The maximum absolute atomic E-state index is 13.1. The number of likely N-dealkylation sites (tertiary alicyclic amines) is 1. The largest absolute Gasteiger partial charge is 0.466 e. The highest BCUT2D eigenvalue weighted by Crippen LogP contribution is 2.27. The number of ether oxygens (including phenoxy) is 1. The van der Waals surface area contributed by atoms with E-state index >= 15 is 0 Å². The Balaban J connectivity index is 1.48. The number of rotatable bonds is 5. The Kier molecular flexibility index (Phi) is 6.71. The fraction of sp³-hybridized carbons (Fsp3) is 0.455. The van der Waals surface area contributed by atoms with Gasteiger partial charge in [0.25, 0.3) is 11.8 Å². The maximum atomic E-state index is 13.1. The van der Waals surface area contributed by atoms with Gasteiger partial charge in [0.15, 0.2) is 5.69 Å². The number of nitrogens with zero attached hydrogens (tertiary/aromatic N) is 4. The molecule has 0 radical (unpaired) electrons. The first-order chi connectivity index (χ1) is 15.4. The fourth-order valence-electron chi connectivity index (χ4n) is 4.14. The Morgan fingerprint density at radius 2 is 1.94 bits per heavy atom. The van der Waals surface area contributed by atoms with Crippen LogP contribution in [0.3, 0.4) is 0 Å². The molecule has 10 heteroatoms. The monoisotopic (exact) mass is 478 g/mol. The number of halogens is 2. The molecule has 1 atom stereocenters. The Labute approximate surface area is 196 Å². The Morgan fingerprint density at radius 1 is 1.19 bits per heavy atom. The standard InChI is InChI=1S/C22H24Cl2N4O4/c1-2-32-22(31)14-5-4-8-26(12-14)20(29)18-11-19-21(30)27(9-10-28(19)25-18)13-15-16(23)6-3-7-17(15)24/h3,6-7,11,14H,2,4-5,8-10,12-13H2,1H3/t14-/m1/s1. The van der Waals surface area contributed by atoms with Gasteiger partial charge in [-0.2, -0.15) is 5.10 Å². The minimum atomic E-state index is -0.331. The third-order valence-electron chi connectivity index (χ3n) is 5.83. The summed E-state index contributed by atoms with van der Waals surface area (Å²) >= 11 is 12.5. The molecule has 3 heterocycles. The number of piperidine rings is 1. The van der Waals surface area contributed by atoms with Crippen LogP contribution in [0.25, 0.3) is 0 Å². The van der Waals surface area contributed by atoms with Gasteiger partial charge in [-0.15, -0.1) is 0 Å². The number of amides is 2.